The molecule has 16 rings (SSSR count). The molecule has 4 atom stereocenters. The number of hydrogen-bond acceptors (Lipinski definition) is 16. The van der Waals surface area contributed by atoms with Gasteiger partial charge in [-0.2, -0.15) is 20.4 Å². The quantitative estimate of drug-likeness (QED) is 0.0338. The van der Waals surface area contributed by atoms with Crippen molar-refractivity contribution in [3.05, 3.63) is 303 Å². The van der Waals surface area contributed by atoms with Gasteiger partial charge in [-0.25, -0.2) is 14.4 Å². The van der Waals surface area contributed by atoms with Gasteiger partial charge in [0.2, 0.25) is 23.6 Å². The second kappa shape index (κ2) is 34.1. The summed E-state index contributed by atoms with van der Waals surface area (Å²) in [4.78, 5) is 96.2. The molecule has 11 N–H and O–H groups in total. The Labute approximate surface area is 629 Å². The summed E-state index contributed by atoms with van der Waals surface area (Å²) in [6.45, 7) is 2.62. The van der Waals surface area contributed by atoms with Crippen LogP contribution in [0.3, 0.4) is 0 Å². The van der Waals surface area contributed by atoms with Crippen LogP contribution in [0.5, 0.6) is 0 Å². The third-order valence-corrected chi connectivity index (χ3v) is 20.0. The minimum atomic E-state index is -0.981. The second-order valence-corrected chi connectivity index (χ2v) is 26.7. The maximum Gasteiger partial charge on any atom is 0.335 e. The molecule has 558 valence electrons. The van der Waals surface area contributed by atoms with Gasteiger partial charge in [-0.15, -0.1) is 0 Å². The summed E-state index contributed by atoms with van der Waals surface area (Å²) in [5.74, 6) is -5.52. The van der Waals surface area contributed by atoms with E-state index < -0.39 is 41.6 Å². The minimum absolute atomic E-state index is 0.0580. The van der Waals surface area contributed by atoms with Crippen LogP contribution < -0.4 is 0 Å². The molecule has 7 aromatic carbocycles. The number of aromatic carboxylic acids is 3. The van der Waals surface area contributed by atoms with E-state index >= 15 is 0 Å². The molecule has 0 radical (unpaired) electrons. The van der Waals surface area contributed by atoms with Crippen LogP contribution >= 0.6 is 0 Å². The molecule has 4 aliphatic rings. The number of nitrogens with one attached hydrogen (secondary N) is 4. The van der Waals surface area contributed by atoms with Crippen LogP contribution in [0.4, 0.5) is 0 Å². The SMILES string of the molecule is O=C(C(CO)c1ccccc1)N1Cc2[nH]nc(-c3ccccc3)c2C1.O=C(O)c1ccc(-c2n[nH]c3c2CN(C(=O)C(CCO)c2cccnc2)C3)cc1.O=C(O)c1ccc(-c2n[nH]c3c2CN(C(=O)C(CO)c2ccccc2)C3)cc1.O=C(O)c1ccc(-c2n[nH]c3c2CN(C(=O)C(CO)c2ccccc2)C3)cc1. The Balaban J connectivity index is 0.000000129. The predicted molar refractivity (Wildman–Crippen MR) is 401 cm³/mol. The Kier molecular flexibility index (Phi) is 23.2. The molecule has 0 saturated heterocycles. The fourth-order valence-corrected chi connectivity index (χ4v) is 14.1. The first-order valence-corrected chi connectivity index (χ1v) is 35.5. The van der Waals surface area contributed by atoms with Crippen LogP contribution in [0, 0.1) is 0 Å². The topological polar surface area (TPSA) is 402 Å². The third-order valence-electron chi connectivity index (χ3n) is 20.0. The maximum atomic E-state index is 13.2. The average molecular weight is 1480 g/mol. The Morgan fingerprint density at radius 3 is 0.836 bits per heavy atom. The molecule has 0 bridgehead atoms. The van der Waals surface area contributed by atoms with Gasteiger partial charge in [0.25, 0.3) is 0 Å². The zero-order valence-electron chi connectivity index (χ0n) is 59.3. The fraction of sp³-hybridized carbons (Fsp3) is 0.205. The van der Waals surface area contributed by atoms with Crippen molar-refractivity contribution in [2.75, 3.05) is 26.4 Å². The van der Waals surface area contributed by atoms with Crippen LogP contribution in [0.15, 0.2) is 219 Å². The normalized spacial score (nSPS) is 14.0. The summed E-state index contributed by atoms with van der Waals surface area (Å²) in [5.41, 5.74) is 17.6. The summed E-state index contributed by atoms with van der Waals surface area (Å²) in [6.07, 6.45) is 3.64. The largest absolute Gasteiger partial charge is 0.478 e. The van der Waals surface area contributed by atoms with Crippen LogP contribution in [-0.4, -0.2) is 169 Å². The van der Waals surface area contributed by atoms with Crippen molar-refractivity contribution in [3.63, 3.8) is 0 Å². The Bertz CT molecular complexity index is 5070. The van der Waals surface area contributed by atoms with Gasteiger partial charge < -0.3 is 55.3 Å². The molecule has 0 aliphatic carbocycles. The van der Waals surface area contributed by atoms with Crippen LogP contribution in [0.25, 0.3) is 45.0 Å². The number of carboxylic acid groups (broad SMARTS) is 3. The molecular weight excluding hydrogens is 1400 g/mol. The van der Waals surface area contributed by atoms with Crippen molar-refractivity contribution in [2.24, 2.45) is 0 Å². The first-order chi connectivity index (χ1) is 53.5. The standard InChI is InChI=1S/C21H20N4O4.2C21H19N3O4.C20H19N3O2/c26-9-7-16(15-2-1-8-22-10-15)20(27)25-11-17-18(12-25)23-24-19(17)13-3-5-14(6-4-13)21(28)29;2*25-12-17(13-4-2-1-3-5-13)20(26)24-10-16-18(11-24)22-23-19(16)14-6-8-15(9-7-14)21(27)28;24-13-17(14-7-3-1-4-8-14)20(25)23-11-16-18(12-23)21-22-19(16)15-9-5-2-6-10-15/h1-6,8,10,16,26H,7,9,11-12H2,(H,23,24)(H,28,29);2*1-9,17,25H,10-12H2,(H,22,23)(H,27,28);1-10,17,24H,11-13H2,(H,21,22). The predicted octanol–water partition coefficient (Wildman–Crippen LogP) is 9.66. The van der Waals surface area contributed by atoms with Gasteiger partial charge in [-0.1, -0.05) is 164 Å². The summed E-state index contributed by atoms with van der Waals surface area (Å²) in [6, 6.07) is 61.0. The number of aliphatic hydroxyl groups excluding tert-OH is 4. The van der Waals surface area contributed by atoms with E-state index in [9.17, 15) is 54.0 Å². The number of carboxylic acids is 3. The summed E-state index contributed by atoms with van der Waals surface area (Å²) in [7, 11) is 0. The average Bonchev–Trinajstić information content (AvgIpc) is 1.65. The molecule has 9 heterocycles. The lowest BCUT2D eigenvalue weighted by Gasteiger charge is -2.23. The van der Waals surface area contributed by atoms with Crippen molar-refractivity contribution in [3.8, 4) is 45.0 Å². The van der Waals surface area contributed by atoms with Gasteiger partial charge in [0.15, 0.2) is 0 Å². The van der Waals surface area contributed by atoms with E-state index in [2.05, 4.69) is 45.8 Å². The Hall–Kier alpha value is -13.3. The number of H-pyrrole nitrogens is 4. The molecule has 4 aliphatic heterocycles. The number of fused-ring (bicyclic) bond motifs is 4. The molecule has 12 aromatic rings. The number of aromatic nitrogens is 9. The van der Waals surface area contributed by atoms with Crippen molar-refractivity contribution >= 4 is 41.5 Å². The van der Waals surface area contributed by atoms with Gasteiger partial charge in [-0.05, 0) is 71.1 Å². The molecule has 0 spiro atoms. The van der Waals surface area contributed by atoms with Crippen LogP contribution in [0.1, 0.15) is 128 Å². The number of amides is 4. The van der Waals surface area contributed by atoms with Gasteiger partial charge in [0.05, 0.1) is 158 Å². The van der Waals surface area contributed by atoms with Gasteiger partial charge >= 0.3 is 17.9 Å². The fourth-order valence-electron chi connectivity index (χ4n) is 14.1. The number of hydrogen-bond donors (Lipinski definition) is 11. The van der Waals surface area contributed by atoms with Crippen LogP contribution in [-0.2, 0) is 71.5 Å². The number of aliphatic hydroxyl groups is 4. The first-order valence-electron chi connectivity index (χ1n) is 35.5. The lowest BCUT2D eigenvalue weighted by atomic mass is 9.96. The van der Waals surface area contributed by atoms with E-state index in [0.717, 1.165) is 95.2 Å². The molecule has 0 saturated carbocycles. The van der Waals surface area contributed by atoms with E-state index in [4.69, 9.17) is 15.3 Å². The highest BCUT2D eigenvalue weighted by Crippen LogP contribution is 2.38. The number of nitrogens with zero attached hydrogens (tertiary/aromatic N) is 9. The minimum Gasteiger partial charge on any atom is -0.478 e. The highest BCUT2D eigenvalue weighted by Gasteiger charge is 2.38. The van der Waals surface area contributed by atoms with Crippen LogP contribution in [0.2, 0.25) is 0 Å². The first kappa shape index (κ1) is 74.9. The maximum absolute atomic E-state index is 13.2. The number of rotatable bonds is 20. The zero-order chi connectivity index (χ0) is 77.0. The third kappa shape index (κ3) is 16.3. The highest BCUT2D eigenvalue weighted by atomic mass is 16.4. The van der Waals surface area contributed by atoms with E-state index in [0.29, 0.717) is 75.9 Å². The van der Waals surface area contributed by atoms with E-state index in [1.165, 1.54) is 36.4 Å². The smallest absolute Gasteiger partial charge is 0.335 e. The molecule has 27 nitrogen and oxygen atoms in total. The van der Waals surface area contributed by atoms with E-state index in [-0.39, 0.29) is 66.7 Å². The lowest BCUT2D eigenvalue weighted by molar-refractivity contribution is -0.135. The number of carbonyl (C=O) groups excluding carboxylic acids is 4. The number of benzene rings is 7. The van der Waals surface area contributed by atoms with Crippen molar-refractivity contribution in [1.29, 1.82) is 0 Å². The molecule has 27 heteroatoms. The van der Waals surface area contributed by atoms with Crippen molar-refractivity contribution < 1.29 is 69.3 Å². The summed E-state index contributed by atoms with van der Waals surface area (Å²) < 4.78 is 0. The Morgan fingerprint density at radius 1 is 0.318 bits per heavy atom. The Morgan fingerprint density at radius 2 is 0.582 bits per heavy atom. The monoisotopic (exact) mass is 1480 g/mol. The number of aromatic amines is 4. The molecule has 4 amide bonds. The van der Waals surface area contributed by atoms with E-state index in [1.807, 2.05) is 127 Å². The van der Waals surface area contributed by atoms with Gasteiger partial charge in [0.1, 0.15) is 0 Å². The van der Waals surface area contributed by atoms with E-state index in [1.54, 1.807) is 74.5 Å². The molecular formula is C83H77N13O14. The van der Waals surface area contributed by atoms with Crippen molar-refractivity contribution in [2.45, 2.75) is 82.5 Å². The number of carbonyl (C=O) groups is 7. The molecule has 0 fully saturated rings. The molecule has 5 aromatic heterocycles. The van der Waals surface area contributed by atoms with Gasteiger partial charge in [0, 0.05) is 63.5 Å². The summed E-state index contributed by atoms with van der Waals surface area (Å²) >= 11 is 0. The highest BCUT2D eigenvalue weighted by molar-refractivity contribution is 5.91. The molecule has 110 heavy (non-hydrogen) atoms. The lowest BCUT2D eigenvalue weighted by Crippen LogP contribution is -2.32. The zero-order valence-corrected chi connectivity index (χ0v) is 59.3. The summed E-state index contributed by atoms with van der Waals surface area (Å²) in [5, 5.41) is 95.3. The second-order valence-electron chi connectivity index (χ2n) is 26.7. The molecule has 4 unspecified atom stereocenters. The van der Waals surface area contributed by atoms with Gasteiger partial charge in [-0.3, -0.25) is 44.6 Å². The van der Waals surface area contributed by atoms with Crippen molar-refractivity contribution in [1.82, 2.24) is 65.4 Å². The number of pyridine rings is 1.